The molecule has 5 nitrogen and oxygen atoms in total. The molecular formula is C28H35F3N2O3. The Balaban J connectivity index is 1.29. The van der Waals surface area contributed by atoms with E-state index < -0.39 is 12.1 Å². The number of likely N-dealkylation sites (N-methyl/N-ethyl adjacent to an activating group) is 1. The number of benzene rings is 1. The van der Waals surface area contributed by atoms with Crippen LogP contribution in [0, 0.1) is 34.5 Å². The summed E-state index contributed by atoms with van der Waals surface area (Å²) in [5, 5.41) is 2.67. The molecule has 5 rings (SSSR count). The molecule has 0 saturated heterocycles. The lowest BCUT2D eigenvalue weighted by Gasteiger charge is -2.60. The van der Waals surface area contributed by atoms with E-state index >= 15 is 0 Å². The normalized spacial score (nSPS) is 37.7. The van der Waals surface area contributed by atoms with Gasteiger partial charge in [0.15, 0.2) is 5.75 Å². The molecule has 1 heterocycles. The third-order valence-electron chi connectivity index (χ3n) is 10.1. The van der Waals surface area contributed by atoms with Crippen LogP contribution in [0.15, 0.2) is 36.4 Å². The number of hydrogen-bond acceptors (Lipinski definition) is 3. The zero-order valence-electron chi connectivity index (χ0n) is 21.1. The highest BCUT2D eigenvalue weighted by Gasteiger charge is 2.60. The van der Waals surface area contributed by atoms with Gasteiger partial charge in [-0.15, -0.1) is 13.2 Å². The van der Waals surface area contributed by atoms with Gasteiger partial charge in [0.25, 0.3) is 0 Å². The SMILES string of the molecule is CN1C(=O)C=C[C@]2(C)[C@H]3CC[C@]4(C)[C@@H](CC(=O)Nc5ccccc5OC(F)(F)F)CC[C@H]4[C@@H]3CC[C@@H]12. The number of para-hydroxylation sites is 2. The van der Waals surface area contributed by atoms with E-state index in [9.17, 15) is 22.8 Å². The average molecular weight is 505 g/mol. The van der Waals surface area contributed by atoms with Gasteiger partial charge in [0, 0.05) is 24.9 Å². The predicted molar refractivity (Wildman–Crippen MR) is 130 cm³/mol. The van der Waals surface area contributed by atoms with Gasteiger partial charge in [0.2, 0.25) is 11.8 Å². The molecule has 0 spiro atoms. The van der Waals surface area contributed by atoms with Crippen molar-refractivity contribution in [1.29, 1.82) is 0 Å². The quantitative estimate of drug-likeness (QED) is 0.534. The number of carbonyl (C=O) groups is 2. The summed E-state index contributed by atoms with van der Waals surface area (Å²) in [6.07, 6.45) is 5.59. The Morgan fingerprint density at radius 2 is 1.86 bits per heavy atom. The van der Waals surface area contributed by atoms with Crippen LogP contribution >= 0.6 is 0 Å². The highest BCUT2D eigenvalue weighted by Crippen LogP contribution is 2.66. The van der Waals surface area contributed by atoms with Crippen molar-refractivity contribution in [2.24, 2.45) is 34.5 Å². The minimum absolute atomic E-state index is 0.0233. The minimum Gasteiger partial charge on any atom is -0.404 e. The number of amides is 2. The van der Waals surface area contributed by atoms with Gasteiger partial charge in [-0.05, 0) is 85.8 Å². The molecule has 3 fully saturated rings. The summed E-state index contributed by atoms with van der Waals surface area (Å²) >= 11 is 0. The van der Waals surface area contributed by atoms with Crippen molar-refractivity contribution in [3.63, 3.8) is 0 Å². The molecule has 36 heavy (non-hydrogen) atoms. The first-order chi connectivity index (χ1) is 16.9. The van der Waals surface area contributed by atoms with Gasteiger partial charge in [-0.2, -0.15) is 0 Å². The number of nitrogens with zero attached hydrogens (tertiary/aromatic N) is 1. The van der Waals surface area contributed by atoms with Crippen molar-refractivity contribution in [3.8, 4) is 5.75 Å². The number of halogens is 3. The van der Waals surface area contributed by atoms with Crippen LogP contribution in [-0.2, 0) is 9.59 Å². The summed E-state index contributed by atoms with van der Waals surface area (Å²) in [5.41, 5.74) is 0.0474. The Morgan fingerprint density at radius 3 is 2.61 bits per heavy atom. The molecular weight excluding hydrogens is 469 g/mol. The second-order valence-corrected chi connectivity index (χ2v) is 11.7. The summed E-state index contributed by atoms with van der Waals surface area (Å²) in [6, 6.07) is 5.90. The molecule has 3 saturated carbocycles. The first kappa shape index (κ1) is 25.2. The number of carbonyl (C=O) groups excluding carboxylic acids is 2. The van der Waals surface area contributed by atoms with Crippen LogP contribution in [0.4, 0.5) is 18.9 Å². The monoisotopic (exact) mass is 504 g/mol. The number of ether oxygens (including phenoxy) is 1. The van der Waals surface area contributed by atoms with E-state index in [1.165, 1.54) is 18.2 Å². The minimum atomic E-state index is -4.82. The first-order valence-corrected chi connectivity index (χ1v) is 13.0. The summed E-state index contributed by atoms with van der Waals surface area (Å²) < 4.78 is 42.4. The molecule has 1 aromatic rings. The standard InChI is InChI=1S/C28H35F3N2O3/c1-26-14-12-20-18(9-11-23-27(20,2)15-13-25(35)33(23)3)19(26)10-8-17(26)16-24(34)32-21-6-4-5-7-22(21)36-28(29,30)31/h4-7,13,15,17-20,23H,8-12,14,16H2,1-3H3,(H,32,34)/t17-,18+,19+,20+,23-,26-,27-/m1/s1. The molecule has 2 amide bonds. The van der Waals surface area contributed by atoms with Gasteiger partial charge in [0.05, 0.1) is 5.69 Å². The largest absolute Gasteiger partial charge is 0.573 e. The van der Waals surface area contributed by atoms with Crippen molar-refractivity contribution in [2.45, 2.75) is 71.2 Å². The van der Waals surface area contributed by atoms with Gasteiger partial charge >= 0.3 is 6.36 Å². The molecule has 196 valence electrons. The fourth-order valence-corrected chi connectivity index (χ4v) is 8.39. The average Bonchev–Trinajstić information content (AvgIpc) is 3.13. The molecule has 1 aliphatic heterocycles. The van der Waals surface area contributed by atoms with Gasteiger partial charge in [-0.1, -0.05) is 32.1 Å². The molecule has 0 unspecified atom stereocenters. The third-order valence-corrected chi connectivity index (χ3v) is 10.1. The fraction of sp³-hybridized carbons (Fsp3) is 0.643. The number of hydrogen-bond donors (Lipinski definition) is 1. The maximum Gasteiger partial charge on any atom is 0.573 e. The predicted octanol–water partition coefficient (Wildman–Crippen LogP) is 6.17. The van der Waals surface area contributed by atoms with Crippen LogP contribution in [0.2, 0.25) is 0 Å². The Morgan fingerprint density at radius 1 is 1.11 bits per heavy atom. The Kier molecular flexibility index (Phi) is 6.15. The lowest BCUT2D eigenvalue weighted by Crippen LogP contribution is -2.59. The number of nitrogens with one attached hydrogen (secondary N) is 1. The topological polar surface area (TPSA) is 58.6 Å². The van der Waals surface area contributed by atoms with E-state index in [0.717, 1.165) is 38.5 Å². The van der Waals surface area contributed by atoms with Gasteiger partial charge in [0.1, 0.15) is 0 Å². The van der Waals surface area contributed by atoms with Crippen LogP contribution in [0.1, 0.15) is 58.8 Å². The molecule has 1 aromatic carbocycles. The number of rotatable bonds is 4. The third kappa shape index (κ3) is 4.20. The highest BCUT2D eigenvalue weighted by molar-refractivity contribution is 5.92. The lowest BCUT2D eigenvalue weighted by atomic mass is 9.47. The zero-order valence-corrected chi connectivity index (χ0v) is 21.1. The first-order valence-electron chi connectivity index (χ1n) is 13.0. The number of fused-ring (bicyclic) bond motifs is 5. The molecule has 1 N–H and O–H groups in total. The molecule has 0 aromatic heterocycles. The summed E-state index contributed by atoms with van der Waals surface area (Å²) in [6.45, 7) is 4.64. The molecule has 0 radical (unpaired) electrons. The van der Waals surface area contributed by atoms with E-state index in [1.807, 2.05) is 11.9 Å². The molecule has 3 aliphatic carbocycles. The summed E-state index contributed by atoms with van der Waals surface area (Å²) in [7, 11) is 1.92. The van der Waals surface area contributed by atoms with E-state index in [2.05, 4.69) is 30.0 Å². The van der Waals surface area contributed by atoms with Crippen LogP contribution in [0.3, 0.4) is 0 Å². The van der Waals surface area contributed by atoms with Gasteiger partial charge in [-0.25, -0.2) is 0 Å². The van der Waals surface area contributed by atoms with Gasteiger partial charge < -0.3 is 15.0 Å². The second kappa shape index (κ2) is 8.80. The van der Waals surface area contributed by atoms with E-state index in [0.29, 0.717) is 24.2 Å². The lowest BCUT2D eigenvalue weighted by molar-refractivity contribution is -0.274. The maximum atomic E-state index is 13.0. The van der Waals surface area contributed by atoms with Crippen molar-refractivity contribution in [1.82, 2.24) is 4.90 Å². The van der Waals surface area contributed by atoms with Crippen molar-refractivity contribution in [2.75, 3.05) is 12.4 Å². The maximum absolute atomic E-state index is 13.0. The van der Waals surface area contributed by atoms with Crippen LogP contribution in [0.25, 0.3) is 0 Å². The van der Waals surface area contributed by atoms with Crippen molar-refractivity contribution in [3.05, 3.63) is 36.4 Å². The van der Waals surface area contributed by atoms with E-state index in [1.54, 1.807) is 12.1 Å². The van der Waals surface area contributed by atoms with Crippen molar-refractivity contribution < 1.29 is 27.5 Å². The summed E-state index contributed by atoms with van der Waals surface area (Å²) in [4.78, 5) is 27.2. The van der Waals surface area contributed by atoms with Crippen LogP contribution in [-0.4, -0.2) is 36.2 Å². The highest BCUT2D eigenvalue weighted by atomic mass is 19.4. The second-order valence-electron chi connectivity index (χ2n) is 11.7. The summed E-state index contributed by atoms with van der Waals surface area (Å²) in [5.74, 6) is 1.20. The van der Waals surface area contributed by atoms with Gasteiger partial charge in [-0.3, -0.25) is 9.59 Å². The molecule has 8 heteroatoms. The van der Waals surface area contributed by atoms with Crippen molar-refractivity contribution >= 4 is 17.5 Å². The molecule has 4 aliphatic rings. The molecule has 0 bridgehead atoms. The Hall–Kier alpha value is -2.51. The Labute approximate surface area is 210 Å². The fourth-order valence-electron chi connectivity index (χ4n) is 8.39. The zero-order chi connectivity index (χ0) is 25.9. The smallest absolute Gasteiger partial charge is 0.404 e. The van der Waals surface area contributed by atoms with E-state index in [4.69, 9.17) is 0 Å². The van der Waals surface area contributed by atoms with E-state index in [-0.39, 0.29) is 40.3 Å². The number of anilines is 1. The Bertz CT molecular complexity index is 1070. The molecule has 7 atom stereocenters. The van der Waals surface area contributed by atoms with Crippen LogP contribution in [0.5, 0.6) is 5.75 Å². The van der Waals surface area contributed by atoms with Crippen LogP contribution < -0.4 is 10.1 Å². The number of alkyl halides is 3.